The lowest BCUT2D eigenvalue weighted by Crippen LogP contribution is -2.37. The molecule has 86 valence electrons. The van der Waals surface area contributed by atoms with E-state index in [-0.39, 0.29) is 5.54 Å². The quantitative estimate of drug-likeness (QED) is 0.694. The summed E-state index contributed by atoms with van der Waals surface area (Å²) in [6.07, 6.45) is 8.16. The minimum absolute atomic E-state index is 0.244. The Labute approximate surface area is 97.3 Å². The van der Waals surface area contributed by atoms with Crippen molar-refractivity contribution >= 4 is 16.9 Å². The molecule has 0 aromatic rings. The van der Waals surface area contributed by atoms with Gasteiger partial charge in [-0.25, -0.2) is 0 Å². The van der Waals surface area contributed by atoms with Crippen LogP contribution in [0.25, 0.3) is 0 Å². The topological polar surface area (TPSA) is 24.4 Å². The Morgan fingerprint density at radius 1 is 1.20 bits per heavy atom. The van der Waals surface area contributed by atoms with Gasteiger partial charge in [-0.05, 0) is 26.7 Å². The molecule has 2 fully saturated rings. The maximum atomic E-state index is 4.86. The Bertz CT molecular complexity index is 240. The fraction of sp³-hybridized carbons (Fsp3) is 0.917. The molecule has 0 radical (unpaired) electrons. The van der Waals surface area contributed by atoms with Gasteiger partial charge in [-0.2, -0.15) is 0 Å². The Morgan fingerprint density at radius 2 is 1.87 bits per heavy atom. The van der Waals surface area contributed by atoms with Gasteiger partial charge < -0.3 is 5.32 Å². The molecule has 0 aromatic heterocycles. The van der Waals surface area contributed by atoms with E-state index in [1.54, 1.807) is 0 Å². The van der Waals surface area contributed by atoms with Crippen molar-refractivity contribution in [2.24, 2.45) is 4.99 Å². The van der Waals surface area contributed by atoms with E-state index in [2.05, 4.69) is 19.2 Å². The number of nitrogens with one attached hydrogen (secondary N) is 1. The molecule has 2 rings (SSSR count). The van der Waals surface area contributed by atoms with Gasteiger partial charge in [0.1, 0.15) is 0 Å². The lowest BCUT2D eigenvalue weighted by molar-refractivity contribution is 0.529. The number of hydrogen-bond donors (Lipinski definition) is 1. The van der Waals surface area contributed by atoms with Crippen molar-refractivity contribution in [1.29, 1.82) is 0 Å². The minimum Gasteiger partial charge on any atom is -0.359 e. The third-order valence-corrected chi connectivity index (χ3v) is 4.49. The first-order valence-corrected chi connectivity index (χ1v) is 7.13. The van der Waals surface area contributed by atoms with Crippen LogP contribution in [0.5, 0.6) is 0 Å². The maximum absolute atomic E-state index is 4.86. The number of rotatable bonds is 1. The van der Waals surface area contributed by atoms with Crippen molar-refractivity contribution in [3.05, 3.63) is 0 Å². The first kappa shape index (κ1) is 11.3. The van der Waals surface area contributed by atoms with Gasteiger partial charge in [0, 0.05) is 11.3 Å². The van der Waals surface area contributed by atoms with E-state index in [1.165, 1.54) is 43.7 Å². The molecule has 0 aromatic carbocycles. The number of nitrogens with zero attached hydrogens (tertiary/aromatic N) is 1. The van der Waals surface area contributed by atoms with Crippen LogP contribution in [0.15, 0.2) is 4.99 Å². The highest BCUT2D eigenvalue weighted by molar-refractivity contribution is 8.14. The zero-order chi connectivity index (χ0) is 10.7. The molecule has 0 amide bonds. The first-order chi connectivity index (χ1) is 7.16. The summed E-state index contributed by atoms with van der Waals surface area (Å²) in [6.45, 7) is 4.49. The molecular weight excluding hydrogens is 204 g/mol. The van der Waals surface area contributed by atoms with Crippen LogP contribution < -0.4 is 5.32 Å². The molecule has 0 spiro atoms. The summed E-state index contributed by atoms with van der Waals surface area (Å²) < 4.78 is 0. The van der Waals surface area contributed by atoms with Gasteiger partial charge in [0.2, 0.25) is 0 Å². The molecule has 0 bridgehead atoms. The highest BCUT2D eigenvalue weighted by Crippen LogP contribution is 2.25. The second-order valence-electron chi connectivity index (χ2n) is 5.38. The second-order valence-corrected chi connectivity index (χ2v) is 6.34. The van der Waals surface area contributed by atoms with Gasteiger partial charge in [-0.3, -0.25) is 4.99 Å². The highest BCUT2D eigenvalue weighted by Gasteiger charge is 2.27. The predicted molar refractivity (Wildman–Crippen MR) is 68.6 cm³/mol. The SMILES string of the molecule is CC1(C)CSC(=NC2CCCCCC2)N1. The molecule has 1 saturated heterocycles. The van der Waals surface area contributed by atoms with Crippen LogP contribution in [0.1, 0.15) is 52.4 Å². The Morgan fingerprint density at radius 3 is 2.40 bits per heavy atom. The maximum Gasteiger partial charge on any atom is 0.157 e. The summed E-state index contributed by atoms with van der Waals surface area (Å²) >= 11 is 1.89. The van der Waals surface area contributed by atoms with Crippen LogP contribution in [0.2, 0.25) is 0 Å². The molecule has 15 heavy (non-hydrogen) atoms. The van der Waals surface area contributed by atoms with Crippen molar-refractivity contribution in [2.45, 2.75) is 64.0 Å². The van der Waals surface area contributed by atoms with E-state index in [0.29, 0.717) is 6.04 Å². The van der Waals surface area contributed by atoms with Crippen molar-refractivity contribution in [2.75, 3.05) is 5.75 Å². The Hall–Kier alpha value is -0.180. The summed E-state index contributed by atoms with van der Waals surface area (Å²) in [5.74, 6) is 1.15. The third kappa shape index (κ3) is 3.40. The van der Waals surface area contributed by atoms with E-state index in [1.807, 2.05) is 11.8 Å². The molecule has 1 heterocycles. The zero-order valence-electron chi connectivity index (χ0n) is 9.88. The number of thioether (sulfide) groups is 1. The van der Waals surface area contributed by atoms with Gasteiger partial charge in [0.25, 0.3) is 0 Å². The Balaban J connectivity index is 1.91. The molecule has 3 heteroatoms. The zero-order valence-corrected chi connectivity index (χ0v) is 10.7. The van der Waals surface area contributed by atoms with E-state index >= 15 is 0 Å². The van der Waals surface area contributed by atoms with E-state index in [0.717, 1.165) is 5.75 Å². The van der Waals surface area contributed by atoms with Gasteiger partial charge in [0.15, 0.2) is 5.17 Å². The predicted octanol–water partition coefficient (Wildman–Crippen LogP) is 3.18. The number of hydrogen-bond acceptors (Lipinski definition) is 2. The standard InChI is InChI=1S/C12H22N2S/c1-12(2)9-15-11(14-12)13-10-7-5-3-4-6-8-10/h10H,3-9H2,1-2H3,(H,13,14). The first-order valence-electron chi connectivity index (χ1n) is 6.14. The highest BCUT2D eigenvalue weighted by atomic mass is 32.2. The summed E-state index contributed by atoms with van der Waals surface area (Å²) in [6, 6.07) is 0.594. The fourth-order valence-electron chi connectivity index (χ4n) is 2.23. The van der Waals surface area contributed by atoms with Gasteiger partial charge in [0.05, 0.1) is 6.04 Å². The molecule has 1 N–H and O–H groups in total. The summed E-state index contributed by atoms with van der Waals surface area (Å²) in [7, 11) is 0. The monoisotopic (exact) mass is 226 g/mol. The van der Waals surface area contributed by atoms with E-state index < -0.39 is 0 Å². The molecule has 1 aliphatic carbocycles. The van der Waals surface area contributed by atoms with Crippen molar-refractivity contribution in [3.63, 3.8) is 0 Å². The second kappa shape index (κ2) is 4.77. The molecule has 0 unspecified atom stereocenters. The lowest BCUT2D eigenvalue weighted by atomic mass is 10.1. The largest absolute Gasteiger partial charge is 0.359 e. The van der Waals surface area contributed by atoms with Crippen molar-refractivity contribution in [1.82, 2.24) is 5.32 Å². The molecule has 2 nitrogen and oxygen atoms in total. The van der Waals surface area contributed by atoms with Crippen LogP contribution in [0, 0.1) is 0 Å². The number of aliphatic imine (C=N–C) groups is 1. The van der Waals surface area contributed by atoms with Gasteiger partial charge in [-0.15, -0.1) is 0 Å². The normalized spacial score (nSPS) is 30.1. The molecule has 1 saturated carbocycles. The van der Waals surface area contributed by atoms with Crippen LogP contribution in [0.3, 0.4) is 0 Å². The average Bonchev–Trinajstić information content (AvgIpc) is 2.41. The molecule has 1 aliphatic heterocycles. The molecule has 2 aliphatic rings. The van der Waals surface area contributed by atoms with Crippen LogP contribution in [-0.2, 0) is 0 Å². The third-order valence-electron chi connectivity index (χ3n) is 3.14. The molecular formula is C12H22N2S. The van der Waals surface area contributed by atoms with Crippen LogP contribution in [0.4, 0.5) is 0 Å². The fourth-order valence-corrected chi connectivity index (χ4v) is 3.37. The summed E-state index contributed by atoms with van der Waals surface area (Å²) in [5.41, 5.74) is 0.244. The summed E-state index contributed by atoms with van der Waals surface area (Å²) in [5, 5.41) is 4.70. The van der Waals surface area contributed by atoms with Crippen molar-refractivity contribution < 1.29 is 0 Å². The van der Waals surface area contributed by atoms with E-state index in [9.17, 15) is 0 Å². The Kier molecular flexibility index (Phi) is 3.60. The van der Waals surface area contributed by atoms with Crippen LogP contribution in [-0.4, -0.2) is 22.5 Å². The smallest absolute Gasteiger partial charge is 0.157 e. The average molecular weight is 226 g/mol. The minimum atomic E-state index is 0.244. The summed E-state index contributed by atoms with van der Waals surface area (Å²) in [4.78, 5) is 4.86. The molecule has 0 atom stereocenters. The van der Waals surface area contributed by atoms with Gasteiger partial charge >= 0.3 is 0 Å². The van der Waals surface area contributed by atoms with Gasteiger partial charge in [-0.1, -0.05) is 37.4 Å². The van der Waals surface area contributed by atoms with Crippen molar-refractivity contribution in [3.8, 4) is 0 Å². The van der Waals surface area contributed by atoms with Crippen LogP contribution >= 0.6 is 11.8 Å². The van der Waals surface area contributed by atoms with E-state index in [4.69, 9.17) is 4.99 Å². The number of amidine groups is 1. The lowest BCUT2D eigenvalue weighted by Gasteiger charge is -2.16.